The molecule has 2 fully saturated rings. The van der Waals surface area contributed by atoms with E-state index < -0.39 is 17.6 Å². The Bertz CT molecular complexity index is 1840. The van der Waals surface area contributed by atoms with Gasteiger partial charge in [0.15, 0.2) is 0 Å². The number of piperazine rings is 1. The van der Waals surface area contributed by atoms with Crippen molar-refractivity contribution < 1.29 is 22.8 Å². The van der Waals surface area contributed by atoms with Crippen LogP contribution in [-0.2, 0) is 12.6 Å². The molecule has 0 radical (unpaired) electrons. The minimum atomic E-state index is -4.57. The van der Waals surface area contributed by atoms with Crippen molar-refractivity contribution in [1.82, 2.24) is 15.1 Å². The molecule has 6 rings (SSSR count). The molecule has 0 aromatic heterocycles. The van der Waals surface area contributed by atoms with Crippen molar-refractivity contribution in [1.29, 1.82) is 0 Å². The van der Waals surface area contributed by atoms with Crippen molar-refractivity contribution in [2.45, 2.75) is 39.3 Å². The third-order valence-electron chi connectivity index (χ3n) is 9.38. The largest absolute Gasteiger partial charge is 0.416 e. The van der Waals surface area contributed by atoms with Gasteiger partial charge in [-0.15, -0.1) is 0 Å². The van der Waals surface area contributed by atoms with Gasteiger partial charge in [0.2, 0.25) is 0 Å². The van der Waals surface area contributed by atoms with Crippen molar-refractivity contribution in [3.05, 3.63) is 112 Å². The highest BCUT2D eigenvalue weighted by Gasteiger charge is 2.35. The van der Waals surface area contributed by atoms with Crippen LogP contribution in [0.2, 0.25) is 0 Å². The highest BCUT2D eigenvalue weighted by Crippen LogP contribution is 2.33. The Morgan fingerprint density at radius 3 is 2.46 bits per heavy atom. The zero-order valence-electron chi connectivity index (χ0n) is 28.5. The summed E-state index contributed by atoms with van der Waals surface area (Å²) in [6.45, 7) is 9.49. The predicted octanol–water partition coefficient (Wildman–Crippen LogP) is 7.05. The number of hydrogen-bond acceptors (Lipinski definition) is 6. The first-order valence-corrected chi connectivity index (χ1v) is 16.9. The van der Waals surface area contributed by atoms with Crippen LogP contribution in [0, 0.1) is 6.92 Å². The number of aliphatic imine (C=N–C) groups is 1. The second-order valence-corrected chi connectivity index (χ2v) is 12.8. The van der Waals surface area contributed by atoms with E-state index in [1.807, 2.05) is 6.92 Å². The lowest BCUT2D eigenvalue weighted by Gasteiger charge is -2.36. The number of nitrogens with zero attached hydrogens (tertiary/aromatic N) is 4. The number of carbonyl (C=O) groups is 2. The van der Waals surface area contributed by atoms with E-state index in [1.165, 1.54) is 22.6 Å². The van der Waals surface area contributed by atoms with E-state index >= 15 is 0 Å². The maximum atomic E-state index is 13.9. The average molecular weight is 686 g/mol. The average Bonchev–Trinajstić information content (AvgIpc) is 3.29. The number of amides is 3. The maximum absolute atomic E-state index is 13.9. The summed E-state index contributed by atoms with van der Waals surface area (Å²) in [5.74, 6) is 0.611. The number of nitrogens with one attached hydrogen (secondary N) is 3. The Kier molecular flexibility index (Phi) is 10.4. The van der Waals surface area contributed by atoms with E-state index in [-0.39, 0.29) is 18.1 Å². The van der Waals surface area contributed by atoms with E-state index in [1.54, 1.807) is 30.1 Å². The molecule has 2 saturated heterocycles. The summed E-state index contributed by atoms with van der Waals surface area (Å²) in [5.41, 5.74) is 4.91. The van der Waals surface area contributed by atoms with Gasteiger partial charge in [0, 0.05) is 62.3 Å². The Hall–Kier alpha value is -4.94. The number of carbonyl (C=O) groups excluding carboxylic acids is 2. The molecule has 0 aliphatic carbocycles. The van der Waals surface area contributed by atoms with Crippen molar-refractivity contribution in [3.8, 4) is 0 Å². The molecule has 0 unspecified atom stereocenters. The lowest BCUT2D eigenvalue weighted by molar-refractivity contribution is -0.137. The second-order valence-electron chi connectivity index (χ2n) is 12.8. The van der Waals surface area contributed by atoms with Gasteiger partial charge in [-0.3, -0.25) is 14.6 Å². The number of allylic oxidation sites excluding steroid dienone is 2. The number of halogens is 3. The van der Waals surface area contributed by atoms with Crippen LogP contribution >= 0.6 is 0 Å². The smallest absolute Gasteiger partial charge is 0.340 e. The fourth-order valence-electron chi connectivity index (χ4n) is 6.37. The normalized spacial score (nSPS) is 17.2. The van der Waals surface area contributed by atoms with Crippen LogP contribution in [0.5, 0.6) is 0 Å². The number of anilines is 3. The molecule has 12 heteroatoms. The first-order chi connectivity index (χ1) is 24.0. The number of rotatable bonds is 9. The number of aryl methyl sites for hydroxylation is 1. The molecule has 0 saturated carbocycles. The zero-order valence-corrected chi connectivity index (χ0v) is 28.5. The second kappa shape index (κ2) is 14.9. The molecule has 3 aliphatic rings. The topological polar surface area (TPSA) is 92.3 Å². The lowest BCUT2D eigenvalue weighted by atomic mass is 10.0. The molecule has 262 valence electrons. The standard InChI is InChI=1S/C38H42F3N7O2/c1-4-27-11-12-29-24-48(33-23-32(13-8-25(33)2)44-36(49)28-6-5-7-30(22-28)38(39,40)41)37(50)46(3)35(29)45-34(27)43-31-14-9-26(10-15-31)16-19-47-20-17-42-18-21-47/h5-10,12-15,22-23,42-43H,4,11,16-21,24H2,1-3H3,(H,44,49). The Morgan fingerprint density at radius 1 is 1.00 bits per heavy atom. The summed E-state index contributed by atoms with van der Waals surface area (Å²) in [4.78, 5) is 37.4. The van der Waals surface area contributed by atoms with Crippen LogP contribution in [0.4, 0.5) is 35.0 Å². The van der Waals surface area contributed by atoms with E-state index in [0.717, 1.165) is 85.9 Å². The van der Waals surface area contributed by atoms with Crippen LogP contribution in [0.3, 0.4) is 0 Å². The van der Waals surface area contributed by atoms with Crippen molar-refractivity contribution in [2.75, 3.05) is 61.8 Å². The van der Waals surface area contributed by atoms with Gasteiger partial charge in [-0.1, -0.05) is 37.3 Å². The molecule has 3 aromatic carbocycles. The molecule has 9 nitrogen and oxygen atoms in total. The van der Waals surface area contributed by atoms with Crippen molar-refractivity contribution in [2.24, 2.45) is 4.99 Å². The fraction of sp³-hybridized carbons (Fsp3) is 0.342. The number of urea groups is 1. The quantitative estimate of drug-likeness (QED) is 0.225. The van der Waals surface area contributed by atoms with Crippen molar-refractivity contribution >= 4 is 34.8 Å². The van der Waals surface area contributed by atoms with Gasteiger partial charge >= 0.3 is 12.2 Å². The van der Waals surface area contributed by atoms with Gasteiger partial charge in [0.25, 0.3) is 5.91 Å². The van der Waals surface area contributed by atoms with Gasteiger partial charge in [0.1, 0.15) is 11.7 Å². The summed E-state index contributed by atoms with van der Waals surface area (Å²) in [6.07, 6.45) is -0.0299. The highest BCUT2D eigenvalue weighted by atomic mass is 19.4. The monoisotopic (exact) mass is 685 g/mol. The zero-order chi connectivity index (χ0) is 35.4. The minimum Gasteiger partial charge on any atom is -0.340 e. The number of amidine groups is 1. The van der Waals surface area contributed by atoms with Crippen molar-refractivity contribution in [3.63, 3.8) is 0 Å². The Morgan fingerprint density at radius 2 is 1.74 bits per heavy atom. The first kappa shape index (κ1) is 34.9. The third-order valence-corrected chi connectivity index (χ3v) is 9.38. The fourth-order valence-corrected chi connectivity index (χ4v) is 6.37. The van der Waals surface area contributed by atoms with Gasteiger partial charge < -0.3 is 20.9 Å². The summed E-state index contributed by atoms with van der Waals surface area (Å²) >= 11 is 0. The van der Waals surface area contributed by atoms with Crippen LogP contribution < -0.4 is 20.9 Å². The van der Waals surface area contributed by atoms with Gasteiger partial charge in [-0.25, -0.2) is 9.79 Å². The first-order valence-electron chi connectivity index (χ1n) is 16.9. The SMILES string of the molecule is CCC1=C(Nc2ccc(CCN3CCNCC3)cc2)N=C2C(=CC1)CN(c1cc(NC(=O)c3cccc(C(F)(F)F)c3)ccc1C)C(=O)N2C. The van der Waals surface area contributed by atoms with E-state index in [0.29, 0.717) is 23.6 Å². The number of likely N-dealkylation sites (N-methyl/N-ethyl adjacent to an activating group) is 1. The van der Waals surface area contributed by atoms with Gasteiger partial charge in [-0.05, 0) is 85.4 Å². The van der Waals surface area contributed by atoms with E-state index in [4.69, 9.17) is 4.99 Å². The molecular formula is C38H42F3N7O2. The van der Waals surface area contributed by atoms with Gasteiger partial charge in [0.05, 0.1) is 17.8 Å². The summed E-state index contributed by atoms with van der Waals surface area (Å²) in [6, 6.07) is 17.5. The van der Waals surface area contributed by atoms with Crippen LogP contribution in [0.15, 0.2) is 94.8 Å². The van der Waals surface area contributed by atoms with E-state index in [9.17, 15) is 22.8 Å². The number of benzene rings is 3. The summed E-state index contributed by atoms with van der Waals surface area (Å²) in [7, 11) is 1.69. The minimum absolute atomic E-state index is 0.120. The summed E-state index contributed by atoms with van der Waals surface area (Å²) < 4.78 is 39.7. The molecular weight excluding hydrogens is 643 g/mol. The van der Waals surface area contributed by atoms with Crippen LogP contribution in [0.25, 0.3) is 0 Å². The van der Waals surface area contributed by atoms with Crippen LogP contribution in [0.1, 0.15) is 46.8 Å². The number of alkyl halides is 3. The van der Waals surface area contributed by atoms with E-state index in [2.05, 4.69) is 58.1 Å². The predicted molar refractivity (Wildman–Crippen MR) is 192 cm³/mol. The van der Waals surface area contributed by atoms with Gasteiger partial charge in [-0.2, -0.15) is 13.2 Å². The number of fused-ring (bicyclic) bond motifs is 1. The molecule has 3 N–H and O–H groups in total. The molecule has 3 aromatic rings. The molecule has 3 heterocycles. The number of hydrogen-bond donors (Lipinski definition) is 3. The Labute approximate surface area is 290 Å². The molecule has 3 amide bonds. The lowest BCUT2D eigenvalue weighted by Crippen LogP contribution is -2.52. The molecule has 0 bridgehead atoms. The molecule has 0 spiro atoms. The highest BCUT2D eigenvalue weighted by molar-refractivity contribution is 6.16. The molecule has 3 aliphatic heterocycles. The maximum Gasteiger partial charge on any atom is 0.416 e. The molecule has 0 atom stereocenters. The van der Waals surface area contributed by atoms with Crippen LogP contribution in [-0.4, -0.2) is 73.9 Å². The third kappa shape index (κ3) is 7.92. The Balaban J connectivity index is 1.17. The molecule has 50 heavy (non-hydrogen) atoms. The summed E-state index contributed by atoms with van der Waals surface area (Å²) in [5, 5.41) is 9.59.